The van der Waals surface area contributed by atoms with Gasteiger partial charge in [0.15, 0.2) is 5.96 Å². The van der Waals surface area contributed by atoms with Gasteiger partial charge in [-0.25, -0.2) is 14.2 Å². The Bertz CT molecular complexity index is 798. The fourth-order valence-electron chi connectivity index (χ4n) is 2.98. The van der Waals surface area contributed by atoms with Crippen molar-refractivity contribution in [1.29, 1.82) is 0 Å². The highest BCUT2D eigenvalue weighted by atomic mass is 19.1. The Labute approximate surface area is 158 Å². The molecular weight excluding hydrogens is 347 g/mol. The highest BCUT2D eigenvalue weighted by molar-refractivity contribution is 5.89. The average molecular weight is 370 g/mol. The van der Waals surface area contributed by atoms with Crippen molar-refractivity contribution in [2.45, 2.75) is 6.54 Å². The Balaban J connectivity index is 1.53. The number of rotatable bonds is 4. The summed E-state index contributed by atoms with van der Waals surface area (Å²) in [5.74, 6) is -0.0808. The largest absolute Gasteiger partial charge is 0.465 e. The summed E-state index contributed by atoms with van der Waals surface area (Å²) >= 11 is 0. The van der Waals surface area contributed by atoms with E-state index in [-0.39, 0.29) is 11.8 Å². The molecule has 0 amide bonds. The van der Waals surface area contributed by atoms with Gasteiger partial charge in [-0.05, 0) is 42.0 Å². The second kappa shape index (κ2) is 8.53. The van der Waals surface area contributed by atoms with Crippen molar-refractivity contribution in [2.24, 2.45) is 10.7 Å². The number of methoxy groups -OCH3 is 1. The summed E-state index contributed by atoms with van der Waals surface area (Å²) in [6.45, 7) is 3.57. The number of benzene rings is 2. The third-order valence-electron chi connectivity index (χ3n) is 4.59. The van der Waals surface area contributed by atoms with Gasteiger partial charge in [-0.15, -0.1) is 0 Å². The van der Waals surface area contributed by atoms with Gasteiger partial charge in [-0.2, -0.15) is 0 Å². The van der Waals surface area contributed by atoms with E-state index >= 15 is 0 Å². The SMILES string of the molecule is COC(=O)c1ccc(CN=C(N)N2CCN(c3ccc(F)cc3)CC2)cc1. The number of halogens is 1. The normalized spacial score (nSPS) is 15.0. The van der Waals surface area contributed by atoms with Crippen LogP contribution in [0.15, 0.2) is 53.5 Å². The van der Waals surface area contributed by atoms with E-state index in [0.717, 1.165) is 37.4 Å². The fraction of sp³-hybridized carbons (Fsp3) is 0.300. The summed E-state index contributed by atoms with van der Waals surface area (Å²) in [6, 6.07) is 13.7. The Kier molecular flexibility index (Phi) is 5.90. The number of carbonyl (C=O) groups excluding carboxylic acids is 1. The van der Waals surface area contributed by atoms with Gasteiger partial charge in [0.25, 0.3) is 0 Å². The smallest absolute Gasteiger partial charge is 0.337 e. The molecule has 142 valence electrons. The number of anilines is 1. The predicted molar refractivity (Wildman–Crippen MR) is 103 cm³/mol. The van der Waals surface area contributed by atoms with E-state index in [1.165, 1.54) is 19.2 Å². The summed E-state index contributed by atoms with van der Waals surface area (Å²) in [5.41, 5.74) is 8.62. The number of esters is 1. The van der Waals surface area contributed by atoms with E-state index in [2.05, 4.69) is 14.6 Å². The fourth-order valence-corrected chi connectivity index (χ4v) is 2.98. The molecule has 0 bridgehead atoms. The van der Waals surface area contributed by atoms with Crippen molar-refractivity contribution in [2.75, 3.05) is 38.2 Å². The number of ether oxygens (including phenoxy) is 1. The van der Waals surface area contributed by atoms with Crippen LogP contribution < -0.4 is 10.6 Å². The zero-order valence-electron chi connectivity index (χ0n) is 15.3. The molecule has 0 aliphatic carbocycles. The number of hydrogen-bond donors (Lipinski definition) is 1. The standard InChI is InChI=1S/C20H23FN4O2/c1-27-19(26)16-4-2-15(3-5-16)14-23-20(22)25-12-10-24(11-13-25)18-8-6-17(21)7-9-18/h2-9H,10-14H2,1H3,(H2,22,23). The molecule has 0 spiro atoms. The van der Waals surface area contributed by atoms with E-state index in [1.54, 1.807) is 24.3 Å². The maximum absolute atomic E-state index is 13.0. The van der Waals surface area contributed by atoms with Crippen LogP contribution in [0.25, 0.3) is 0 Å². The second-order valence-corrected chi connectivity index (χ2v) is 6.31. The topological polar surface area (TPSA) is 71.2 Å². The molecule has 7 heteroatoms. The van der Waals surface area contributed by atoms with Crippen LogP contribution in [-0.2, 0) is 11.3 Å². The zero-order chi connectivity index (χ0) is 19.2. The van der Waals surface area contributed by atoms with Crippen LogP contribution in [0.2, 0.25) is 0 Å². The predicted octanol–water partition coefficient (Wildman–Crippen LogP) is 2.25. The van der Waals surface area contributed by atoms with Crippen molar-refractivity contribution in [1.82, 2.24) is 4.90 Å². The minimum Gasteiger partial charge on any atom is -0.465 e. The Morgan fingerprint density at radius 1 is 1.07 bits per heavy atom. The molecule has 2 aromatic carbocycles. The Hall–Kier alpha value is -3.09. The molecule has 1 heterocycles. The van der Waals surface area contributed by atoms with Gasteiger partial charge in [0.05, 0.1) is 19.2 Å². The van der Waals surface area contributed by atoms with Crippen molar-refractivity contribution < 1.29 is 13.9 Å². The molecule has 1 saturated heterocycles. The van der Waals surface area contributed by atoms with Crippen LogP contribution in [0.1, 0.15) is 15.9 Å². The van der Waals surface area contributed by atoms with Crippen LogP contribution >= 0.6 is 0 Å². The van der Waals surface area contributed by atoms with Crippen LogP contribution in [0, 0.1) is 5.82 Å². The third kappa shape index (κ3) is 4.75. The van der Waals surface area contributed by atoms with Gasteiger partial charge in [0.1, 0.15) is 5.82 Å². The average Bonchev–Trinajstić information content (AvgIpc) is 2.72. The first kappa shape index (κ1) is 18.7. The molecule has 3 rings (SSSR count). The number of nitrogens with two attached hydrogens (primary N) is 1. The lowest BCUT2D eigenvalue weighted by Gasteiger charge is -2.36. The number of carbonyl (C=O) groups is 1. The molecule has 2 N–H and O–H groups in total. The van der Waals surface area contributed by atoms with Gasteiger partial charge in [0, 0.05) is 31.9 Å². The summed E-state index contributed by atoms with van der Waals surface area (Å²) in [7, 11) is 1.36. The molecule has 6 nitrogen and oxygen atoms in total. The van der Waals surface area contributed by atoms with Gasteiger partial charge in [-0.3, -0.25) is 0 Å². The Morgan fingerprint density at radius 2 is 1.70 bits per heavy atom. The molecule has 0 aromatic heterocycles. The lowest BCUT2D eigenvalue weighted by atomic mass is 10.1. The maximum atomic E-state index is 13.0. The number of piperazine rings is 1. The highest BCUT2D eigenvalue weighted by Crippen LogP contribution is 2.17. The monoisotopic (exact) mass is 370 g/mol. The van der Waals surface area contributed by atoms with Crippen LogP contribution in [0.5, 0.6) is 0 Å². The number of nitrogens with zero attached hydrogens (tertiary/aromatic N) is 3. The molecular formula is C20H23FN4O2. The van der Waals surface area contributed by atoms with Crippen molar-refractivity contribution in [3.63, 3.8) is 0 Å². The van der Waals surface area contributed by atoms with Crippen LogP contribution in [-0.4, -0.2) is 50.1 Å². The first-order chi connectivity index (χ1) is 13.1. The number of guanidine groups is 1. The van der Waals surface area contributed by atoms with Crippen molar-refractivity contribution in [3.05, 3.63) is 65.5 Å². The van der Waals surface area contributed by atoms with Gasteiger partial charge < -0.3 is 20.3 Å². The van der Waals surface area contributed by atoms with Gasteiger partial charge in [-0.1, -0.05) is 12.1 Å². The molecule has 27 heavy (non-hydrogen) atoms. The summed E-state index contributed by atoms with van der Waals surface area (Å²) in [6.07, 6.45) is 0. The van der Waals surface area contributed by atoms with Crippen molar-refractivity contribution >= 4 is 17.6 Å². The zero-order valence-corrected chi connectivity index (χ0v) is 15.3. The highest BCUT2D eigenvalue weighted by Gasteiger charge is 2.18. The van der Waals surface area contributed by atoms with Gasteiger partial charge >= 0.3 is 5.97 Å². The van der Waals surface area contributed by atoms with E-state index in [0.29, 0.717) is 18.1 Å². The maximum Gasteiger partial charge on any atom is 0.337 e. The van der Waals surface area contributed by atoms with E-state index in [4.69, 9.17) is 5.73 Å². The summed E-state index contributed by atoms with van der Waals surface area (Å²) in [4.78, 5) is 20.1. The van der Waals surface area contributed by atoms with E-state index in [1.807, 2.05) is 17.0 Å². The van der Waals surface area contributed by atoms with Crippen LogP contribution in [0.3, 0.4) is 0 Å². The minimum atomic E-state index is -0.358. The molecule has 0 unspecified atom stereocenters. The summed E-state index contributed by atoms with van der Waals surface area (Å²) < 4.78 is 17.7. The molecule has 1 aliphatic heterocycles. The first-order valence-electron chi connectivity index (χ1n) is 8.79. The number of aliphatic imine (C=N–C) groups is 1. The molecule has 1 aliphatic rings. The third-order valence-corrected chi connectivity index (χ3v) is 4.59. The van der Waals surface area contributed by atoms with Gasteiger partial charge in [0.2, 0.25) is 0 Å². The van der Waals surface area contributed by atoms with Crippen molar-refractivity contribution in [3.8, 4) is 0 Å². The second-order valence-electron chi connectivity index (χ2n) is 6.31. The van der Waals surface area contributed by atoms with E-state index < -0.39 is 0 Å². The first-order valence-corrected chi connectivity index (χ1v) is 8.79. The molecule has 1 fully saturated rings. The lowest BCUT2D eigenvalue weighted by Crippen LogP contribution is -2.51. The summed E-state index contributed by atoms with van der Waals surface area (Å²) in [5, 5.41) is 0. The number of hydrogen-bond acceptors (Lipinski definition) is 4. The molecule has 0 radical (unpaired) electrons. The quantitative estimate of drug-likeness (QED) is 0.508. The Morgan fingerprint density at radius 3 is 2.30 bits per heavy atom. The molecule has 2 aromatic rings. The van der Waals surface area contributed by atoms with Crippen LogP contribution in [0.4, 0.5) is 10.1 Å². The lowest BCUT2D eigenvalue weighted by molar-refractivity contribution is 0.0600. The molecule has 0 atom stereocenters. The van der Waals surface area contributed by atoms with E-state index in [9.17, 15) is 9.18 Å². The molecule has 0 saturated carbocycles. The minimum absolute atomic E-state index is 0.228.